The Balaban J connectivity index is 1.47. The van der Waals surface area contributed by atoms with Crippen LogP contribution in [0.1, 0.15) is 5.56 Å². The lowest BCUT2D eigenvalue weighted by Crippen LogP contribution is -2.54. The number of hydrogen-bond donors (Lipinski definition) is 0. The molecule has 0 spiro atoms. The molecule has 0 radical (unpaired) electrons. The van der Waals surface area contributed by atoms with Gasteiger partial charge >= 0.3 is 18.3 Å². The zero-order chi connectivity index (χ0) is 23.8. The number of benzene rings is 2. The van der Waals surface area contributed by atoms with Gasteiger partial charge in [-0.25, -0.2) is 9.78 Å². The van der Waals surface area contributed by atoms with Crippen molar-refractivity contribution in [3.8, 4) is 23.6 Å². The molecule has 1 aliphatic rings. The van der Waals surface area contributed by atoms with Gasteiger partial charge in [0.2, 0.25) is 5.88 Å². The minimum absolute atomic E-state index is 0.0300. The number of hydrogen-bond acceptors (Lipinski definition) is 5. The van der Waals surface area contributed by atoms with Crippen LogP contribution < -0.4 is 14.0 Å². The number of nitriles is 1. The van der Waals surface area contributed by atoms with E-state index >= 15 is 0 Å². The first-order chi connectivity index (χ1) is 15.6. The first-order valence-corrected chi connectivity index (χ1v) is 9.90. The van der Waals surface area contributed by atoms with Crippen molar-refractivity contribution in [1.29, 1.82) is 5.26 Å². The van der Waals surface area contributed by atoms with E-state index in [1.54, 1.807) is 18.2 Å². The van der Waals surface area contributed by atoms with Gasteiger partial charge in [-0.2, -0.15) is 13.2 Å². The molecule has 1 atom stereocenters. The molecule has 2 aromatic carbocycles. The summed E-state index contributed by atoms with van der Waals surface area (Å²) in [6, 6.07) is 13.0. The summed E-state index contributed by atoms with van der Waals surface area (Å²) < 4.78 is 48.4. The summed E-state index contributed by atoms with van der Waals surface area (Å²) >= 11 is 11.8. The van der Waals surface area contributed by atoms with Crippen LogP contribution in [0.4, 0.5) is 18.9 Å². The van der Waals surface area contributed by atoms with Crippen molar-refractivity contribution in [3.05, 3.63) is 88.4 Å². The van der Waals surface area contributed by atoms with E-state index in [2.05, 4.69) is 4.98 Å². The smallest absolute Gasteiger partial charge is 0.417 e. The van der Waals surface area contributed by atoms with Crippen LogP contribution in [0.25, 0.3) is 0 Å². The van der Waals surface area contributed by atoms with Crippen LogP contribution in [0.2, 0.25) is 10.0 Å². The molecule has 3 aromatic rings. The quantitative estimate of drug-likeness (QED) is 0.302. The fourth-order valence-corrected chi connectivity index (χ4v) is 3.35. The Kier molecular flexibility index (Phi) is 5.76. The molecule has 0 aliphatic carbocycles. The van der Waals surface area contributed by atoms with Crippen molar-refractivity contribution in [2.75, 3.05) is 0 Å². The highest BCUT2D eigenvalue weighted by Gasteiger charge is 2.53. The summed E-state index contributed by atoms with van der Waals surface area (Å²) in [6.45, 7) is 0. The number of alkyl halides is 3. The number of halogens is 5. The maximum atomic E-state index is 12.7. The average molecular weight is 493 g/mol. The van der Waals surface area contributed by atoms with Crippen LogP contribution in [0, 0.1) is 11.5 Å². The topological polar surface area (TPSA) is 72.2 Å². The maximum absolute atomic E-state index is 12.7. The van der Waals surface area contributed by atoms with Crippen molar-refractivity contribution in [3.63, 3.8) is 0 Å². The van der Waals surface area contributed by atoms with E-state index in [0.29, 0.717) is 16.9 Å². The van der Waals surface area contributed by atoms with Gasteiger partial charge in [-0.3, -0.25) is 0 Å². The molecule has 0 saturated heterocycles. The second kappa shape index (κ2) is 8.41. The zero-order valence-corrected chi connectivity index (χ0v) is 17.8. The van der Waals surface area contributed by atoms with Gasteiger partial charge < -0.3 is 9.47 Å². The predicted octanol–water partition coefficient (Wildman–Crippen LogP) is 6.45. The van der Waals surface area contributed by atoms with Gasteiger partial charge in [0.1, 0.15) is 16.5 Å². The number of rotatable bonds is 5. The summed E-state index contributed by atoms with van der Waals surface area (Å²) in [5.74, 6) is -0.298. The van der Waals surface area contributed by atoms with E-state index in [1.165, 1.54) is 36.5 Å². The maximum Gasteiger partial charge on any atom is 0.417 e. The van der Waals surface area contributed by atoms with Gasteiger partial charge in [0.25, 0.3) is 5.76 Å². The Morgan fingerprint density at radius 3 is 2.21 bits per heavy atom. The SMILES string of the molecule is N#C[N+]1(c2cccc(Cl)c2)C=C(Oc2ccc(Oc3ncc(C(F)(F)F)cc3Cl)cc2)C1=O. The Bertz CT molecular complexity index is 1320. The molecule has 11 heteroatoms. The van der Waals surface area contributed by atoms with Crippen molar-refractivity contribution in [1.82, 2.24) is 9.47 Å². The molecule has 1 unspecified atom stereocenters. The lowest BCUT2D eigenvalue weighted by molar-refractivity contribution is -0.137. The van der Waals surface area contributed by atoms with Crippen molar-refractivity contribution < 1.29 is 27.4 Å². The van der Waals surface area contributed by atoms with E-state index < -0.39 is 22.1 Å². The van der Waals surface area contributed by atoms with Crippen LogP contribution in [0.15, 0.2) is 72.8 Å². The van der Waals surface area contributed by atoms with Gasteiger partial charge in [0, 0.05) is 23.4 Å². The minimum atomic E-state index is -4.57. The molecule has 0 saturated carbocycles. The van der Waals surface area contributed by atoms with E-state index in [-0.39, 0.29) is 28.2 Å². The standard InChI is InChI=1S/C22H11Cl2F3N3O3/c23-14-2-1-3-15(9-14)30(12-28)11-19(21(30)31)32-16-4-6-17(7-5-16)33-20-18(24)8-13(10-29-20)22(25,26)27/h1-11H/q+1. The normalized spacial score (nSPS) is 17.6. The Hall–Kier alpha value is -3.58. The molecule has 33 heavy (non-hydrogen) atoms. The number of aromatic nitrogens is 1. The molecule has 6 nitrogen and oxygen atoms in total. The molecule has 1 aliphatic heterocycles. The molecule has 0 N–H and O–H groups in total. The van der Waals surface area contributed by atoms with Gasteiger partial charge in [-0.15, -0.1) is 5.26 Å². The molecule has 0 bridgehead atoms. The second-order valence-electron chi connectivity index (χ2n) is 6.79. The monoisotopic (exact) mass is 492 g/mol. The highest BCUT2D eigenvalue weighted by Crippen LogP contribution is 2.37. The van der Waals surface area contributed by atoms with Crippen molar-refractivity contribution in [2.45, 2.75) is 6.18 Å². The van der Waals surface area contributed by atoms with Gasteiger partial charge in [-0.05, 0) is 36.4 Å². The van der Waals surface area contributed by atoms with E-state index in [1.807, 2.05) is 6.19 Å². The average Bonchev–Trinajstić information content (AvgIpc) is 2.78. The van der Waals surface area contributed by atoms with Crippen LogP contribution in [-0.4, -0.2) is 10.9 Å². The molecule has 0 fully saturated rings. The number of nitrogens with zero attached hydrogens (tertiary/aromatic N) is 3. The van der Waals surface area contributed by atoms with Gasteiger partial charge in [-0.1, -0.05) is 33.8 Å². The Morgan fingerprint density at radius 2 is 1.67 bits per heavy atom. The number of amides is 1. The predicted molar refractivity (Wildman–Crippen MR) is 113 cm³/mol. The molecule has 2 heterocycles. The molecule has 166 valence electrons. The molecule has 1 amide bonds. The third kappa shape index (κ3) is 4.36. The lowest BCUT2D eigenvalue weighted by Gasteiger charge is -2.29. The van der Waals surface area contributed by atoms with Crippen LogP contribution in [-0.2, 0) is 11.0 Å². The first kappa shape index (κ1) is 22.6. The summed E-state index contributed by atoms with van der Waals surface area (Å²) in [4.78, 5) is 16.3. The largest absolute Gasteiger partial charge is 0.443 e. The summed E-state index contributed by atoms with van der Waals surface area (Å²) in [6.07, 6.45) is -0.662. The Labute approximate surface area is 195 Å². The minimum Gasteiger partial charge on any atom is -0.443 e. The van der Waals surface area contributed by atoms with Crippen LogP contribution >= 0.6 is 23.2 Å². The molecule has 1 aromatic heterocycles. The number of carbonyl (C=O) groups excluding carboxylic acids is 1. The van der Waals surface area contributed by atoms with Gasteiger partial charge in [0.05, 0.1) is 5.56 Å². The molecular weight excluding hydrogens is 482 g/mol. The number of carbonyl (C=O) groups is 1. The van der Waals surface area contributed by atoms with Gasteiger partial charge in [0.15, 0.2) is 11.9 Å². The number of quaternary nitrogens is 1. The van der Waals surface area contributed by atoms with Crippen molar-refractivity contribution in [2.24, 2.45) is 0 Å². The van der Waals surface area contributed by atoms with Crippen LogP contribution in [0.3, 0.4) is 0 Å². The first-order valence-electron chi connectivity index (χ1n) is 9.15. The highest BCUT2D eigenvalue weighted by atomic mass is 35.5. The summed E-state index contributed by atoms with van der Waals surface area (Å²) in [7, 11) is 0. The molecular formula is C22H11Cl2F3N3O3+. The van der Waals surface area contributed by atoms with E-state index in [4.69, 9.17) is 32.7 Å². The summed E-state index contributed by atoms with van der Waals surface area (Å²) in [5, 5.41) is 9.64. The van der Waals surface area contributed by atoms with E-state index in [9.17, 15) is 23.2 Å². The third-order valence-corrected chi connectivity index (χ3v) is 5.12. The number of ether oxygens (including phenoxy) is 2. The zero-order valence-electron chi connectivity index (χ0n) is 16.3. The van der Waals surface area contributed by atoms with E-state index in [0.717, 1.165) is 6.07 Å². The van der Waals surface area contributed by atoms with Crippen LogP contribution in [0.5, 0.6) is 17.4 Å². The van der Waals surface area contributed by atoms with Crippen molar-refractivity contribution >= 4 is 34.8 Å². The molecule has 4 rings (SSSR count). The fourth-order valence-electron chi connectivity index (χ4n) is 2.96. The second-order valence-corrected chi connectivity index (χ2v) is 7.63. The Morgan fingerprint density at radius 1 is 1.00 bits per heavy atom. The summed E-state index contributed by atoms with van der Waals surface area (Å²) in [5.41, 5.74) is -0.612. The third-order valence-electron chi connectivity index (χ3n) is 4.62. The number of pyridine rings is 1. The highest BCUT2D eigenvalue weighted by molar-refractivity contribution is 6.32. The lowest BCUT2D eigenvalue weighted by atomic mass is 10.1. The fraction of sp³-hybridized carbons (Fsp3) is 0.0455.